The van der Waals surface area contributed by atoms with Crippen molar-refractivity contribution in [2.24, 2.45) is 11.8 Å². The highest BCUT2D eigenvalue weighted by Gasteiger charge is 2.36. The van der Waals surface area contributed by atoms with Gasteiger partial charge in [-0.2, -0.15) is 0 Å². The first kappa shape index (κ1) is 22.0. The maximum Gasteiger partial charge on any atom is 0.330 e. The second kappa shape index (κ2) is 11.5. The molecule has 0 saturated heterocycles. The van der Waals surface area contributed by atoms with Crippen molar-refractivity contribution >= 4 is 17.9 Å². The van der Waals surface area contributed by atoms with Gasteiger partial charge in [0.15, 0.2) is 6.10 Å². The van der Waals surface area contributed by atoms with Crippen LogP contribution in [0.2, 0.25) is 0 Å². The second-order valence-electron chi connectivity index (χ2n) is 5.71. The molecule has 3 unspecified atom stereocenters. The Morgan fingerprint density at radius 3 is 2.22 bits per heavy atom. The van der Waals surface area contributed by atoms with Crippen LogP contribution in [0.3, 0.4) is 0 Å². The van der Waals surface area contributed by atoms with Crippen LogP contribution < -0.4 is 0 Å². The molecule has 0 heterocycles. The van der Waals surface area contributed by atoms with Crippen LogP contribution in [0, 0.1) is 11.8 Å². The minimum atomic E-state index is -1.06. The Morgan fingerprint density at radius 1 is 1.04 bits per heavy atom. The fourth-order valence-corrected chi connectivity index (χ4v) is 2.43. The van der Waals surface area contributed by atoms with E-state index in [1.165, 1.54) is 12.2 Å². The molecule has 0 aromatic heterocycles. The van der Waals surface area contributed by atoms with E-state index in [2.05, 4.69) is 19.7 Å². The summed E-state index contributed by atoms with van der Waals surface area (Å²) in [7, 11) is 0. The van der Waals surface area contributed by atoms with Gasteiger partial charge in [0, 0.05) is 6.08 Å². The Morgan fingerprint density at radius 2 is 1.67 bits per heavy atom. The molecule has 0 saturated carbocycles. The first-order valence-electron chi connectivity index (χ1n) is 8.38. The summed E-state index contributed by atoms with van der Waals surface area (Å²) >= 11 is 0. The van der Waals surface area contributed by atoms with Crippen molar-refractivity contribution in [1.29, 1.82) is 0 Å². The molecule has 0 amide bonds. The summed E-state index contributed by atoms with van der Waals surface area (Å²) < 4.78 is 15.8. The highest BCUT2D eigenvalue weighted by atomic mass is 16.6. The molecule has 1 aliphatic rings. The molecule has 3 atom stereocenters. The summed E-state index contributed by atoms with van der Waals surface area (Å²) in [5.41, 5.74) is 0. The van der Waals surface area contributed by atoms with Gasteiger partial charge >= 0.3 is 17.9 Å². The minimum Gasteiger partial charge on any atom is -0.490 e. The molecule has 0 aliphatic heterocycles. The van der Waals surface area contributed by atoms with Crippen LogP contribution in [-0.4, -0.2) is 42.3 Å². The first-order chi connectivity index (χ1) is 12.9. The van der Waals surface area contributed by atoms with Gasteiger partial charge in [-0.3, -0.25) is 9.59 Å². The Labute approximate surface area is 158 Å². The van der Waals surface area contributed by atoms with E-state index >= 15 is 0 Å². The SMILES string of the molecule is C=C/C=C(\C=C)OCC(COC(=O)C=C)OC(=O)C1CC=CCC1C(=O)O. The Kier molecular flexibility index (Phi) is 9.36. The fraction of sp³-hybridized carbons (Fsp3) is 0.350. The van der Waals surface area contributed by atoms with Crippen molar-refractivity contribution in [2.75, 3.05) is 13.2 Å². The molecule has 7 heteroatoms. The van der Waals surface area contributed by atoms with Crippen molar-refractivity contribution in [1.82, 2.24) is 0 Å². The lowest BCUT2D eigenvalue weighted by molar-refractivity contribution is -0.168. The van der Waals surface area contributed by atoms with Gasteiger partial charge in [-0.05, 0) is 25.0 Å². The molecule has 1 N–H and O–H groups in total. The number of carbonyl (C=O) groups is 3. The second-order valence-corrected chi connectivity index (χ2v) is 5.71. The highest BCUT2D eigenvalue weighted by Crippen LogP contribution is 2.27. The van der Waals surface area contributed by atoms with E-state index in [4.69, 9.17) is 14.2 Å². The Balaban J connectivity index is 2.81. The smallest absolute Gasteiger partial charge is 0.330 e. The third-order valence-corrected chi connectivity index (χ3v) is 3.83. The average Bonchev–Trinajstić information content (AvgIpc) is 2.68. The lowest BCUT2D eigenvalue weighted by Gasteiger charge is -2.26. The first-order valence-corrected chi connectivity index (χ1v) is 8.38. The van der Waals surface area contributed by atoms with Crippen LogP contribution in [-0.2, 0) is 28.6 Å². The van der Waals surface area contributed by atoms with Crippen LogP contribution in [0.1, 0.15) is 12.8 Å². The topological polar surface area (TPSA) is 99.1 Å². The maximum atomic E-state index is 12.5. The van der Waals surface area contributed by atoms with Crippen LogP contribution in [0.5, 0.6) is 0 Å². The number of allylic oxidation sites excluding steroid dienone is 5. The number of ether oxygens (including phenoxy) is 3. The molecule has 1 aliphatic carbocycles. The van der Waals surface area contributed by atoms with E-state index in [1.54, 1.807) is 18.2 Å². The van der Waals surface area contributed by atoms with Gasteiger partial charge in [0.2, 0.25) is 0 Å². The van der Waals surface area contributed by atoms with Crippen LogP contribution in [0.4, 0.5) is 0 Å². The third-order valence-electron chi connectivity index (χ3n) is 3.83. The number of hydrogen-bond acceptors (Lipinski definition) is 6. The zero-order chi connectivity index (χ0) is 20.2. The van der Waals surface area contributed by atoms with Gasteiger partial charge < -0.3 is 19.3 Å². The summed E-state index contributed by atoms with van der Waals surface area (Å²) in [6, 6.07) is 0. The Hall–Kier alpha value is -3.09. The molecular weight excluding hydrogens is 352 g/mol. The molecule has 7 nitrogen and oxygen atoms in total. The summed E-state index contributed by atoms with van der Waals surface area (Å²) in [5.74, 6) is -3.69. The zero-order valence-electron chi connectivity index (χ0n) is 15.0. The molecule has 27 heavy (non-hydrogen) atoms. The largest absolute Gasteiger partial charge is 0.490 e. The lowest BCUT2D eigenvalue weighted by atomic mass is 9.83. The van der Waals surface area contributed by atoms with Gasteiger partial charge in [-0.1, -0.05) is 38.0 Å². The summed E-state index contributed by atoms with van der Waals surface area (Å²) in [6.45, 7) is 10.1. The number of rotatable bonds is 11. The number of aliphatic carboxylic acids is 1. The number of carboxylic acid groups (broad SMARTS) is 1. The quantitative estimate of drug-likeness (QED) is 0.194. The standard InChI is InChI=1S/C20H24O7/c1-4-9-14(5-2)25-12-15(13-26-18(21)6-3)27-20(24)17-11-8-7-10-16(17)19(22)23/h4-9,15-17H,1-3,10-13H2,(H,22,23)/b14-9+. The number of hydrogen-bond donors (Lipinski definition) is 1. The van der Waals surface area contributed by atoms with Crippen LogP contribution in [0.15, 0.2) is 62.0 Å². The molecule has 0 spiro atoms. The van der Waals surface area contributed by atoms with Gasteiger partial charge in [-0.15, -0.1) is 0 Å². The van der Waals surface area contributed by atoms with E-state index in [0.29, 0.717) is 5.76 Å². The molecule has 0 aromatic rings. The molecular formula is C20H24O7. The van der Waals surface area contributed by atoms with Crippen LogP contribution >= 0.6 is 0 Å². The maximum absolute atomic E-state index is 12.5. The summed E-state index contributed by atoms with van der Waals surface area (Å²) in [4.78, 5) is 35.1. The van der Waals surface area contributed by atoms with E-state index in [9.17, 15) is 19.5 Å². The predicted molar refractivity (Wildman–Crippen MR) is 98.5 cm³/mol. The third kappa shape index (κ3) is 7.35. The van der Waals surface area contributed by atoms with E-state index in [0.717, 1.165) is 6.08 Å². The molecule has 1 rings (SSSR count). The van der Waals surface area contributed by atoms with E-state index in [-0.39, 0.29) is 26.1 Å². The normalized spacial score (nSPS) is 20.1. The lowest BCUT2D eigenvalue weighted by Crippen LogP contribution is -2.37. The van der Waals surface area contributed by atoms with Crippen molar-refractivity contribution in [3.8, 4) is 0 Å². The van der Waals surface area contributed by atoms with Crippen molar-refractivity contribution in [3.63, 3.8) is 0 Å². The minimum absolute atomic E-state index is 0.109. The average molecular weight is 376 g/mol. The predicted octanol–water partition coefficient (Wildman–Crippen LogP) is 2.57. The van der Waals surface area contributed by atoms with Crippen molar-refractivity contribution < 1.29 is 33.7 Å². The number of carboxylic acids is 1. The van der Waals surface area contributed by atoms with Crippen molar-refractivity contribution in [3.05, 3.63) is 62.0 Å². The van der Waals surface area contributed by atoms with Crippen molar-refractivity contribution in [2.45, 2.75) is 18.9 Å². The number of carbonyl (C=O) groups excluding carboxylic acids is 2. The molecule has 0 bridgehead atoms. The molecule has 0 radical (unpaired) electrons. The molecule has 0 fully saturated rings. The fourth-order valence-electron chi connectivity index (χ4n) is 2.43. The summed E-state index contributed by atoms with van der Waals surface area (Å²) in [6.07, 6.45) is 8.57. The Bertz CT molecular complexity index is 645. The van der Waals surface area contributed by atoms with Gasteiger partial charge in [0.05, 0.1) is 11.8 Å². The molecule has 0 aromatic carbocycles. The zero-order valence-corrected chi connectivity index (χ0v) is 15.0. The van der Waals surface area contributed by atoms with Gasteiger partial charge in [0.1, 0.15) is 19.0 Å². The van der Waals surface area contributed by atoms with Gasteiger partial charge in [-0.25, -0.2) is 4.79 Å². The van der Waals surface area contributed by atoms with Gasteiger partial charge in [0.25, 0.3) is 0 Å². The van der Waals surface area contributed by atoms with E-state index in [1.807, 2.05) is 0 Å². The molecule has 146 valence electrons. The summed E-state index contributed by atoms with van der Waals surface area (Å²) in [5, 5.41) is 9.29. The van der Waals surface area contributed by atoms with E-state index < -0.39 is 35.8 Å². The number of esters is 2. The van der Waals surface area contributed by atoms with Crippen LogP contribution in [0.25, 0.3) is 0 Å². The monoisotopic (exact) mass is 376 g/mol. The highest BCUT2D eigenvalue weighted by molar-refractivity contribution is 5.82.